The second-order valence-electron chi connectivity index (χ2n) is 5.80. The molecule has 0 aromatic heterocycles. The fourth-order valence-electron chi connectivity index (χ4n) is 2.72. The minimum absolute atomic E-state index is 0.0514. The molecule has 2 heterocycles. The molecule has 2 aliphatic rings. The minimum atomic E-state index is -1.57. The quantitative estimate of drug-likeness (QED) is 0.499. The smallest absolute Gasteiger partial charge is 0.231 e. The highest BCUT2D eigenvalue weighted by molar-refractivity contribution is 5.97. The normalized spacial score (nSPS) is 31.0. The first kappa shape index (κ1) is 17.9. The zero-order chi connectivity index (χ0) is 18.1. The number of fused-ring (bicyclic) bond motifs is 1. The molecule has 0 amide bonds. The summed E-state index contributed by atoms with van der Waals surface area (Å²) in [6.07, 6.45) is -6.83. The lowest BCUT2D eigenvalue weighted by Gasteiger charge is -2.39. The average molecular weight is 356 g/mol. The molecule has 9 nitrogen and oxygen atoms in total. The van der Waals surface area contributed by atoms with Crippen molar-refractivity contribution in [2.45, 2.75) is 44.1 Å². The number of aliphatic hydroxyl groups excluding tert-OH is 4. The lowest BCUT2D eigenvalue weighted by atomic mass is 9.99. The van der Waals surface area contributed by atoms with E-state index in [-0.39, 0.29) is 30.5 Å². The summed E-state index contributed by atoms with van der Waals surface area (Å²) in [5.74, 6) is 0.511. The van der Waals surface area contributed by atoms with Gasteiger partial charge in [-0.15, -0.1) is 0 Å². The van der Waals surface area contributed by atoms with Crippen molar-refractivity contribution in [3.8, 4) is 17.2 Å². The lowest BCUT2D eigenvalue weighted by molar-refractivity contribution is -0.277. The molecule has 1 saturated heterocycles. The number of aliphatic hydroxyl groups is 4. The summed E-state index contributed by atoms with van der Waals surface area (Å²) in [5, 5.41) is 39.0. The first-order chi connectivity index (χ1) is 12.0. The topological polar surface area (TPSA) is 135 Å². The number of benzene rings is 1. The highest BCUT2D eigenvalue weighted by atomic mass is 16.7. The van der Waals surface area contributed by atoms with E-state index in [1.165, 1.54) is 12.1 Å². The highest BCUT2D eigenvalue weighted by Crippen LogP contribution is 2.43. The Balaban J connectivity index is 1.89. The van der Waals surface area contributed by atoms with Crippen LogP contribution in [0.25, 0.3) is 0 Å². The fourth-order valence-corrected chi connectivity index (χ4v) is 2.72. The molecule has 0 aliphatic carbocycles. The zero-order valence-electron chi connectivity index (χ0n) is 13.5. The Kier molecular flexibility index (Phi) is 5.11. The molecule has 138 valence electrons. The van der Waals surface area contributed by atoms with E-state index in [1.54, 1.807) is 6.92 Å². The summed E-state index contributed by atoms with van der Waals surface area (Å²) in [4.78, 5) is 12.0. The molecule has 9 heteroatoms. The third kappa shape index (κ3) is 3.29. The second-order valence-corrected chi connectivity index (χ2v) is 5.80. The van der Waals surface area contributed by atoms with Crippen LogP contribution in [0.15, 0.2) is 12.1 Å². The van der Waals surface area contributed by atoms with Crippen LogP contribution in [0.4, 0.5) is 0 Å². The number of Topliss-reactive ketones (excluding diaryl/α,β-unsaturated/α-hetero) is 1. The van der Waals surface area contributed by atoms with Crippen molar-refractivity contribution in [3.63, 3.8) is 0 Å². The number of hydrogen-bond donors (Lipinski definition) is 4. The minimum Gasteiger partial charge on any atom is -0.458 e. The van der Waals surface area contributed by atoms with E-state index < -0.39 is 37.3 Å². The Bertz CT molecular complexity index is 645. The van der Waals surface area contributed by atoms with Crippen LogP contribution in [0.5, 0.6) is 17.2 Å². The van der Waals surface area contributed by atoms with Gasteiger partial charge >= 0.3 is 0 Å². The molecule has 0 radical (unpaired) electrons. The van der Waals surface area contributed by atoms with Crippen LogP contribution in [-0.4, -0.2) is 70.3 Å². The predicted molar refractivity (Wildman–Crippen MR) is 81.6 cm³/mol. The maximum atomic E-state index is 12.0. The van der Waals surface area contributed by atoms with Crippen molar-refractivity contribution in [1.29, 1.82) is 0 Å². The van der Waals surface area contributed by atoms with Crippen LogP contribution < -0.4 is 14.2 Å². The van der Waals surface area contributed by atoms with E-state index in [4.69, 9.17) is 18.9 Å². The Morgan fingerprint density at radius 3 is 2.64 bits per heavy atom. The molecular weight excluding hydrogens is 336 g/mol. The monoisotopic (exact) mass is 356 g/mol. The maximum Gasteiger partial charge on any atom is 0.231 e. The van der Waals surface area contributed by atoms with Crippen molar-refractivity contribution in [2.75, 3.05) is 13.4 Å². The molecule has 5 unspecified atom stereocenters. The van der Waals surface area contributed by atoms with Crippen molar-refractivity contribution in [2.24, 2.45) is 0 Å². The summed E-state index contributed by atoms with van der Waals surface area (Å²) in [6, 6.07) is 2.97. The third-order valence-corrected chi connectivity index (χ3v) is 4.17. The summed E-state index contributed by atoms with van der Waals surface area (Å²) in [5.41, 5.74) is 0.339. The number of ketones is 1. The Hall–Kier alpha value is -1.91. The average Bonchev–Trinajstić information content (AvgIpc) is 3.10. The Labute approximate surface area is 143 Å². The molecule has 4 N–H and O–H groups in total. The van der Waals surface area contributed by atoms with Gasteiger partial charge in [0.25, 0.3) is 0 Å². The second kappa shape index (κ2) is 7.14. The first-order valence-corrected chi connectivity index (χ1v) is 7.90. The first-order valence-electron chi connectivity index (χ1n) is 7.90. The van der Waals surface area contributed by atoms with Crippen molar-refractivity contribution >= 4 is 5.78 Å². The van der Waals surface area contributed by atoms with E-state index in [0.717, 1.165) is 0 Å². The van der Waals surface area contributed by atoms with Crippen LogP contribution >= 0.6 is 0 Å². The van der Waals surface area contributed by atoms with Crippen LogP contribution in [0.1, 0.15) is 23.7 Å². The molecule has 5 atom stereocenters. The molecule has 25 heavy (non-hydrogen) atoms. The van der Waals surface area contributed by atoms with E-state index in [0.29, 0.717) is 11.3 Å². The number of rotatable bonds is 5. The van der Waals surface area contributed by atoms with Crippen molar-refractivity contribution in [1.82, 2.24) is 0 Å². The van der Waals surface area contributed by atoms with Gasteiger partial charge in [-0.25, -0.2) is 0 Å². The van der Waals surface area contributed by atoms with E-state index in [9.17, 15) is 25.2 Å². The SMILES string of the molecule is CCC(=O)c1cc2c(c(OC3OC(CO)C(O)C(O)C3O)c1)OCO2. The number of hydrogen-bond acceptors (Lipinski definition) is 9. The van der Waals surface area contributed by atoms with E-state index in [2.05, 4.69) is 0 Å². The van der Waals surface area contributed by atoms with Crippen LogP contribution in [0.2, 0.25) is 0 Å². The van der Waals surface area contributed by atoms with Gasteiger partial charge in [0, 0.05) is 12.0 Å². The summed E-state index contributed by atoms with van der Waals surface area (Å²) in [6.45, 7) is 1.09. The molecule has 0 bridgehead atoms. The number of ether oxygens (including phenoxy) is 4. The summed E-state index contributed by atoms with van der Waals surface area (Å²) >= 11 is 0. The van der Waals surface area contributed by atoms with Crippen molar-refractivity contribution < 1.29 is 44.2 Å². The van der Waals surface area contributed by atoms with Crippen LogP contribution in [0, 0.1) is 0 Å². The lowest BCUT2D eigenvalue weighted by Crippen LogP contribution is -2.60. The summed E-state index contributed by atoms with van der Waals surface area (Å²) in [7, 11) is 0. The molecule has 2 aliphatic heterocycles. The van der Waals surface area contributed by atoms with Crippen LogP contribution in [-0.2, 0) is 4.74 Å². The van der Waals surface area contributed by atoms with Gasteiger partial charge in [-0.3, -0.25) is 4.79 Å². The number of carbonyl (C=O) groups excluding carboxylic acids is 1. The summed E-state index contributed by atoms with van der Waals surface area (Å²) < 4.78 is 21.5. The highest BCUT2D eigenvalue weighted by Gasteiger charge is 2.45. The molecule has 1 aromatic rings. The third-order valence-electron chi connectivity index (χ3n) is 4.17. The molecule has 0 saturated carbocycles. The molecule has 0 spiro atoms. The van der Waals surface area contributed by atoms with Gasteiger partial charge in [0.2, 0.25) is 18.8 Å². The largest absolute Gasteiger partial charge is 0.458 e. The van der Waals surface area contributed by atoms with Gasteiger partial charge in [-0.1, -0.05) is 6.92 Å². The predicted octanol–water partition coefficient (Wildman–Crippen LogP) is -0.813. The van der Waals surface area contributed by atoms with Gasteiger partial charge in [0.15, 0.2) is 17.3 Å². The molecule has 3 rings (SSSR count). The standard InChI is InChI=1S/C16H20O9/c1-2-8(18)7-3-9-15(23-6-22-9)10(4-7)24-16-14(21)13(20)12(19)11(5-17)25-16/h3-4,11-14,16-17,19-21H,2,5-6H2,1H3. The van der Waals surface area contributed by atoms with E-state index >= 15 is 0 Å². The maximum absolute atomic E-state index is 12.0. The zero-order valence-corrected chi connectivity index (χ0v) is 13.5. The molecule has 1 fully saturated rings. The van der Waals surface area contributed by atoms with Gasteiger partial charge in [0.05, 0.1) is 6.61 Å². The Morgan fingerprint density at radius 1 is 1.20 bits per heavy atom. The van der Waals surface area contributed by atoms with Gasteiger partial charge in [-0.05, 0) is 12.1 Å². The fraction of sp³-hybridized carbons (Fsp3) is 0.562. The van der Waals surface area contributed by atoms with E-state index in [1.807, 2.05) is 0 Å². The molecular formula is C16H20O9. The van der Waals surface area contributed by atoms with Gasteiger partial charge < -0.3 is 39.4 Å². The van der Waals surface area contributed by atoms with Gasteiger partial charge in [0.1, 0.15) is 24.4 Å². The van der Waals surface area contributed by atoms with Gasteiger partial charge in [-0.2, -0.15) is 0 Å². The van der Waals surface area contributed by atoms with Crippen LogP contribution in [0.3, 0.4) is 0 Å². The van der Waals surface area contributed by atoms with Crippen molar-refractivity contribution in [3.05, 3.63) is 17.7 Å². The Morgan fingerprint density at radius 2 is 1.96 bits per heavy atom. The molecule has 1 aromatic carbocycles. The number of carbonyl (C=O) groups is 1.